The van der Waals surface area contributed by atoms with Crippen LogP contribution < -0.4 is 10.0 Å². The summed E-state index contributed by atoms with van der Waals surface area (Å²) >= 11 is 0. The molecular weight excluding hydrogens is 486 g/mol. The molecule has 0 spiro atoms. The number of likely N-dealkylation sites (tertiary alicyclic amines) is 1. The molecule has 1 aliphatic carbocycles. The third kappa shape index (κ3) is 7.19. The van der Waals surface area contributed by atoms with Gasteiger partial charge in [-0.2, -0.15) is 0 Å². The van der Waals surface area contributed by atoms with Gasteiger partial charge < -0.3 is 19.7 Å². The molecule has 2 fully saturated rings. The second-order valence-electron chi connectivity index (χ2n) is 10.4. The summed E-state index contributed by atoms with van der Waals surface area (Å²) in [7, 11) is -2.63. The first kappa shape index (κ1) is 27.9. The first-order valence-electron chi connectivity index (χ1n) is 12.4. The molecule has 0 aromatic heterocycles. The molecule has 3 atom stereocenters. The summed E-state index contributed by atoms with van der Waals surface area (Å²) in [4.78, 5) is 40.5. The van der Waals surface area contributed by atoms with Crippen molar-refractivity contribution in [2.45, 2.75) is 87.9 Å². The third-order valence-electron chi connectivity index (χ3n) is 6.49. The molecule has 0 radical (unpaired) electrons. The number of nitrogens with one attached hydrogen (secondary N) is 2. The van der Waals surface area contributed by atoms with Gasteiger partial charge in [0.1, 0.15) is 17.7 Å². The van der Waals surface area contributed by atoms with E-state index in [1.165, 1.54) is 24.1 Å². The van der Waals surface area contributed by atoms with Gasteiger partial charge in [0.2, 0.25) is 15.9 Å². The molecule has 1 saturated heterocycles. The van der Waals surface area contributed by atoms with Crippen LogP contribution in [0.25, 0.3) is 0 Å². The zero-order chi connectivity index (χ0) is 26.5. The Labute approximate surface area is 213 Å². The molecule has 1 aromatic rings. The van der Waals surface area contributed by atoms with Crippen LogP contribution in [-0.2, 0) is 29.1 Å². The highest BCUT2D eigenvalue weighted by atomic mass is 32.2. The van der Waals surface area contributed by atoms with Crippen molar-refractivity contribution in [1.29, 1.82) is 0 Å². The molecule has 3 rings (SSSR count). The lowest BCUT2D eigenvalue weighted by atomic mass is 9.83. The van der Waals surface area contributed by atoms with Crippen LogP contribution in [0.5, 0.6) is 0 Å². The fourth-order valence-electron chi connectivity index (χ4n) is 4.87. The van der Waals surface area contributed by atoms with Crippen molar-refractivity contribution in [1.82, 2.24) is 14.9 Å². The number of ether oxygens (including phenoxy) is 2. The molecule has 1 heterocycles. The van der Waals surface area contributed by atoms with Gasteiger partial charge in [0.15, 0.2) is 0 Å². The minimum Gasteiger partial charge on any atom is -0.467 e. The standard InChI is InChI=1S/C25H37N3O7S/c1-25(2,3)35-24(31)26-21(17-11-7-5-8-12-17)22(29)28-16-18(15-20(28)23(30)34-4)27-36(32,33)19-13-9-6-10-14-19/h6,9-10,13-14,17-18,20-21,27H,5,7-8,11-12,15-16H2,1-4H3,(H,26,31)/t18-,20+,21+/m1/s1. The number of rotatable bonds is 7. The Balaban J connectivity index is 1.83. The highest BCUT2D eigenvalue weighted by molar-refractivity contribution is 7.89. The van der Waals surface area contributed by atoms with Crippen LogP contribution in [0.1, 0.15) is 59.3 Å². The van der Waals surface area contributed by atoms with Gasteiger partial charge >= 0.3 is 12.1 Å². The summed E-state index contributed by atoms with van der Waals surface area (Å²) in [5.41, 5.74) is -0.743. The summed E-state index contributed by atoms with van der Waals surface area (Å²) in [6, 6.07) is 5.33. The lowest BCUT2D eigenvalue weighted by Crippen LogP contribution is -2.56. The van der Waals surface area contributed by atoms with Crippen molar-refractivity contribution >= 4 is 28.0 Å². The Hall–Kier alpha value is -2.66. The van der Waals surface area contributed by atoms with Crippen molar-refractivity contribution < 1.29 is 32.3 Å². The predicted octanol–water partition coefficient (Wildman–Crippen LogP) is 2.58. The predicted molar refractivity (Wildman–Crippen MR) is 132 cm³/mol. The van der Waals surface area contributed by atoms with Gasteiger partial charge in [-0.1, -0.05) is 37.5 Å². The van der Waals surface area contributed by atoms with Gasteiger partial charge in [-0.25, -0.2) is 22.7 Å². The number of hydrogen-bond acceptors (Lipinski definition) is 7. The smallest absolute Gasteiger partial charge is 0.408 e. The van der Waals surface area contributed by atoms with E-state index in [1.54, 1.807) is 39.0 Å². The molecular formula is C25H37N3O7S. The van der Waals surface area contributed by atoms with Crippen LogP contribution in [0.15, 0.2) is 35.2 Å². The van der Waals surface area contributed by atoms with E-state index in [2.05, 4.69) is 10.0 Å². The van der Waals surface area contributed by atoms with Crippen LogP contribution in [0.4, 0.5) is 4.79 Å². The summed E-state index contributed by atoms with van der Waals surface area (Å²) < 4.78 is 38.7. The normalized spacial score (nSPS) is 22.1. The summed E-state index contributed by atoms with van der Waals surface area (Å²) in [5, 5.41) is 2.74. The van der Waals surface area contributed by atoms with Crippen LogP contribution in [0, 0.1) is 5.92 Å². The van der Waals surface area contributed by atoms with E-state index in [4.69, 9.17) is 9.47 Å². The Morgan fingerprint density at radius 1 is 1.06 bits per heavy atom. The molecule has 36 heavy (non-hydrogen) atoms. The van der Waals surface area contributed by atoms with Crippen molar-refractivity contribution in [3.63, 3.8) is 0 Å². The summed E-state index contributed by atoms with van der Waals surface area (Å²) in [5.74, 6) is -1.19. The van der Waals surface area contributed by atoms with Crippen molar-refractivity contribution in [2.75, 3.05) is 13.7 Å². The zero-order valence-electron chi connectivity index (χ0n) is 21.4. The first-order chi connectivity index (χ1) is 16.9. The quantitative estimate of drug-likeness (QED) is 0.525. The van der Waals surface area contributed by atoms with E-state index in [-0.39, 0.29) is 23.8 Å². The maximum atomic E-state index is 13.8. The number of amides is 2. The number of hydrogen-bond donors (Lipinski definition) is 2. The summed E-state index contributed by atoms with van der Waals surface area (Å²) in [6.45, 7) is 5.19. The largest absolute Gasteiger partial charge is 0.467 e. The number of carbonyl (C=O) groups excluding carboxylic acids is 3. The second kappa shape index (κ2) is 11.6. The molecule has 10 nitrogen and oxygen atoms in total. The molecule has 1 aromatic carbocycles. The monoisotopic (exact) mass is 523 g/mol. The van der Waals surface area contributed by atoms with Crippen LogP contribution >= 0.6 is 0 Å². The third-order valence-corrected chi connectivity index (χ3v) is 8.03. The molecule has 1 aliphatic heterocycles. The van der Waals surface area contributed by atoms with E-state index >= 15 is 0 Å². The molecule has 0 bridgehead atoms. The van der Waals surface area contributed by atoms with Crippen molar-refractivity contribution in [3.8, 4) is 0 Å². The molecule has 11 heteroatoms. The molecule has 200 valence electrons. The molecule has 2 aliphatic rings. The first-order valence-corrected chi connectivity index (χ1v) is 13.8. The van der Waals surface area contributed by atoms with Crippen LogP contribution in [0.2, 0.25) is 0 Å². The second-order valence-corrected chi connectivity index (χ2v) is 12.1. The average Bonchev–Trinajstić information content (AvgIpc) is 3.24. The highest BCUT2D eigenvalue weighted by Crippen LogP contribution is 2.30. The fraction of sp³-hybridized carbons (Fsp3) is 0.640. The topological polar surface area (TPSA) is 131 Å². The lowest BCUT2D eigenvalue weighted by molar-refractivity contribution is -0.152. The van der Waals surface area contributed by atoms with Gasteiger partial charge in [-0.05, 0) is 58.1 Å². The van der Waals surface area contributed by atoms with Gasteiger partial charge in [0.05, 0.1) is 12.0 Å². The van der Waals surface area contributed by atoms with Gasteiger partial charge in [0, 0.05) is 12.6 Å². The minimum atomic E-state index is -3.86. The van der Waals surface area contributed by atoms with Crippen LogP contribution in [0.3, 0.4) is 0 Å². The average molecular weight is 524 g/mol. The Morgan fingerprint density at radius 3 is 2.28 bits per heavy atom. The molecule has 2 amide bonds. The van der Waals surface area contributed by atoms with Crippen LogP contribution in [-0.4, -0.2) is 68.7 Å². The van der Waals surface area contributed by atoms with Gasteiger partial charge in [0.25, 0.3) is 0 Å². The number of esters is 1. The number of sulfonamides is 1. The molecule has 0 unspecified atom stereocenters. The Morgan fingerprint density at radius 2 is 1.69 bits per heavy atom. The highest BCUT2D eigenvalue weighted by Gasteiger charge is 2.45. The lowest BCUT2D eigenvalue weighted by Gasteiger charge is -2.34. The zero-order valence-corrected chi connectivity index (χ0v) is 22.2. The fourth-order valence-corrected chi connectivity index (χ4v) is 6.13. The number of methoxy groups -OCH3 is 1. The Bertz CT molecular complexity index is 1030. The minimum absolute atomic E-state index is 0.0239. The SMILES string of the molecule is COC(=O)[C@@H]1C[C@@H](NS(=O)(=O)c2ccccc2)CN1C(=O)[C@@H](NC(=O)OC(C)(C)C)C1CCCCC1. The number of carbonyl (C=O) groups is 3. The van der Waals surface area contributed by atoms with E-state index < -0.39 is 51.7 Å². The van der Waals surface area contributed by atoms with Gasteiger partial charge in [-0.15, -0.1) is 0 Å². The van der Waals surface area contributed by atoms with E-state index in [9.17, 15) is 22.8 Å². The number of alkyl carbamates (subject to hydrolysis) is 1. The van der Waals surface area contributed by atoms with E-state index in [0.717, 1.165) is 32.1 Å². The van der Waals surface area contributed by atoms with E-state index in [1.807, 2.05) is 0 Å². The van der Waals surface area contributed by atoms with Crippen molar-refractivity contribution in [3.05, 3.63) is 30.3 Å². The molecule has 1 saturated carbocycles. The number of nitrogens with zero attached hydrogens (tertiary/aromatic N) is 1. The maximum Gasteiger partial charge on any atom is 0.408 e. The van der Waals surface area contributed by atoms with Crippen molar-refractivity contribution in [2.24, 2.45) is 5.92 Å². The van der Waals surface area contributed by atoms with E-state index in [0.29, 0.717) is 0 Å². The summed E-state index contributed by atoms with van der Waals surface area (Å²) in [6.07, 6.45) is 3.80. The van der Waals surface area contributed by atoms with Gasteiger partial charge in [-0.3, -0.25) is 4.79 Å². The molecule has 2 N–H and O–H groups in total. The maximum absolute atomic E-state index is 13.8. The Kier molecular flexibility index (Phi) is 8.99. The number of benzene rings is 1.